The average Bonchev–Trinajstić information content (AvgIpc) is 2.34. The van der Waals surface area contributed by atoms with E-state index >= 15 is 0 Å². The van der Waals surface area contributed by atoms with Crippen molar-refractivity contribution in [2.45, 2.75) is 13.1 Å². The van der Waals surface area contributed by atoms with Crippen LogP contribution in [0, 0.1) is 6.92 Å². The molecule has 0 fully saturated rings. The first-order valence-corrected chi connectivity index (χ1v) is 3.01. The number of hydrogen-bond donors (Lipinski definition) is 1. The number of nitrogens with zero attached hydrogens (tertiary/aromatic N) is 1. The molecule has 0 aliphatic carbocycles. The molecule has 56 valence electrons. The van der Waals surface area contributed by atoms with Crippen LogP contribution in [0.3, 0.4) is 0 Å². The van der Waals surface area contributed by atoms with Gasteiger partial charge >= 0.3 is 0 Å². The molecule has 2 N–H and O–H groups in total. The molecular formula is C6H9FN2O. The molecule has 0 aromatic carbocycles. The molecule has 1 heterocycles. The summed E-state index contributed by atoms with van der Waals surface area (Å²) in [6.45, 7) is 1.63. The Balaban J connectivity index is 2.82. The fourth-order valence-corrected chi connectivity index (χ4v) is 0.734. The van der Waals surface area contributed by atoms with Crippen molar-refractivity contribution in [2.75, 3.05) is 6.54 Å². The molecule has 3 nitrogen and oxygen atoms in total. The Labute approximate surface area is 58.0 Å². The van der Waals surface area contributed by atoms with Crippen molar-refractivity contribution in [3.05, 3.63) is 17.5 Å². The molecule has 0 bridgehead atoms. The summed E-state index contributed by atoms with van der Waals surface area (Å²) in [5.74, 6) is 0.498. The molecular weight excluding hydrogens is 135 g/mol. The van der Waals surface area contributed by atoms with Crippen LogP contribution in [0.1, 0.15) is 17.5 Å². The third-order valence-electron chi connectivity index (χ3n) is 1.33. The van der Waals surface area contributed by atoms with Crippen molar-refractivity contribution in [3.8, 4) is 0 Å². The zero-order chi connectivity index (χ0) is 7.56. The first kappa shape index (κ1) is 7.21. The maximum atomic E-state index is 12.7. The molecule has 1 aromatic rings. The van der Waals surface area contributed by atoms with E-state index in [9.17, 15) is 4.39 Å². The summed E-state index contributed by atoms with van der Waals surface area (Å²) in [7, 11) is 0. The van der Waals surface area contributed by atoms with Gasteiger partial charge < -0.3 is 10.3 Å². The number of aryl methyl sites for hydroxylation is 1. The van der Waals surface area contributed by atoms with Crippen molar-refractivity contribution < 1.29 is 8.91 Å². The van der Waals surface area contributed by atoms with Crippen molar-refractivity contribution >= 4 is 0 Å². The Morgan fingerprint density at radius 2 is 2.60 bits per heavy atom. The standard InChI is InChI=1S/C6H9FN2O/c1-4-5(3-9-10-4)6(7)2-8/h3,6H,2,8H2,1H3. The van der Waals surface area contributed by atoms with E-state index in [-0.39, 0.29) is 6.54 Å². The van der Waals surface area contributed by atoms with E-state index in [0.717, 1.165) is 0 Å². The minimum Gasteiger partial charge on any atom is -0.361 e. The normalized spacial score (nSPS) is 13.5. The molecule has 1 unspecified atom stereocenters. The van der Waals surface area contributed by atoms with E-state index in [0.29, 0.717) is 11.3 Å². The average molecular weight is 144 g/mol. The number of nitrogens with two attached hydrogens (primary N) is 1. The molecule has 0 saturated carbocycles. The maximum absolute atomic E-state index is 12.7. The van der Waals surface area contributed by atoms with Crippen LogP contribution in [0.2, 0.25) is 0 Å². The van der Waals surface area contributed by atoms with E-state index in [1.165, 1.54) is 6.20 Å². The number of rotatable bonds is 2. The second-order valence-electron chi connectivity index (χ2n) is 2.04. The van der Waals surface area contributed by atoms with Gasteiger partial charge in [-0.25, -0.2) is 4.39 Å². The predicted octanol–water partition coefficient (Wildman–Crippen LogP) is 0.952. The van der Waals surface area contributed by atoms with Crippen LogP contribution in [-0.2, 0) is 0 Å². The van der Waals surface area contributed by atoms with Gasteiger partial charge in [-0.1, -0.05) is 5.16 Å². The number of halogens is 1. The fourth-order valence-electron chi connectivity index (χ4n) is 0.734. The summed E-state index contributed by atoms with van der Waals surface area (Å²) >= 11 is 0. The lowest BCUT2D eigenvalue weighted by atomic mass is 10.2. The summed E-state index contributed by atoms with van der Waals surface area (Å²) in [5, 5.41) is 3.42. The van der Waals surface area contributed by atoms with E-state index in [4.69, 9.17) is 5.73 Å². The largest absolute Gasteiger partial charge is 0.361 e. The molecule has 0 aliphatic heterocycles. The van der Waals surface area contributed by atoms with Crippen LogP contribution in [0.15, 0.2) is 10.7 Å². The van der Waals surface area contributed by atoms with Gasteiger partial charge in [0.2, 0.25) is 0 Å². The zero-order valence-electron chi connectivity index (χ0n) is 5.67. The highest BCUT2D eigenvalue weighted by Gasteiger charge is 2.12. The van der Waals surface area contributed by atoms with Gasteiger partial charge in [-0.05, 0) is 6.92 Å². The molecule has 1 atom stereocenters. The number of aromatic nitrogens is 1. The molecule has 4 heteroatoms. The van der Waals surface area contributed by atoms with E-state index in [1.54, 1.807) is 6.92 Å². The smallest absolute Gasteiger partial charge is 0.142 e. The van der Waals surface area contributed by atoms with Crippen molar-refractivity contribution in [3.63, 3.8) is 0 Å². The SMILES string of the molecule is Cc1oncc1C(F)CN. The Hall–Kier alpha value is -0.900. The quantitative estimate of drug-likeness (QED) is 0.672. The van der Waals surface area contributed by atoms with Gasteiger partial charge in [0, 0.05) is 12.1 Å². The highest BCUT2D eigenvalue weighted by atomic mass is 19.1. The third kappa shape index (κ3) is 1.16. The Morgan fingerprint density at radius 3 is 3.00 bits per heavy atom. The molecule has 1 aromatic heterocycles. The lowest BCUT2D eigenvalue weighted by Crippen LogP contribution is -2.07. The summed E-state index contributed by atoms with van der Waals surface area (Å²) in [6, 6.07) is 0. The highest BCUT2D eigenvalue weighted by molar-refractivity contribution is 5.15. The van der Waals surface area contributed by atoms with Gasteiger partial charge in [0.25, 0.3) is 0 Å². The summed E-state index contributed by atoms with van der Waals surface area (Å²) in [4.78, 5) is 0. The summed E-state index contributed by atoms with van der Waals surface area (Å²) in [6.07, 6.45) is 0.207. The highest BCUT2D eigenvalue weighted by Crippen LogP contribution is 2.18. The van der Waals surface area contributed by atoms with E-state index < -0.39 is 6.17 Å². The molecule has 10 heavy (non-hydrogen) atoms. The summed E-state index contributed by atoms with van der Waals surface area (Å²) in [5.41, 5.74) is 5.53. The maximum Gasteiger partial charge on any atom is 0.142 e. The Morgan fingerprint density at radius 1 is 1.90 bits per heavy atom. The van der Waals surface area contributed by atoms with Crippen molar-refractivity contribution in [2.24, 2.45) is 5.73 Å². The third-order valence-corrected chi connectivity index (χ3v) is 1.33. The van der Waals surface area contributed by atoms with Crippen LogP contribution >= 0.6 is 0 Å². The predicted molar refractivity (Wildman–Crippen MR) is 34.1 cm³/mol. The van der Waals surface area contributed by atoms with Crippen LogP contribution < -0.4 is 5.73 Å². The molecule has 0 spiro atoms. The van der Waals surface area contributed by atoms with E-state index in [1.807, 2.05) is 0 Å². The first-order valence-electron chi connectivity index (χ1n) is 3.01. The van der Waals surface area contributed by atoms with Gasteiger partial charge in [0.15, 0.2) is 0 Å². The lowest BCUT2D eigenvalue weighted by Gasteiger charge is -1.99. The first-order chi connectivity index (χ1) is 4.75. The number of alkyl halides is 1. The Kier molecular flexibility index (Phi) is 2.01. The van der Waals surface area contributed by atoms with Crippen LogP contribution in [0.4, 0.5) is 4.39 Å². The zero-order valence-corrected chi connectivity index (χ0v) is 5.67. The molecule has 0 aliphatic rings. The van der Waals surface area contributed by atoms with Gasteiger partial charge in [-0.3, -0.25) is 0 Å². The monoisotopic (exact) mass is 144 g/mol. The second kappa shape index (κ2) is 2.79. The van der Waals surface area contributed by atoms with Crippen molar-refractivity contribution in [1.82, 2.24) is 5.16 Å². The van der Waals surface area contributed by atoms with Gasteiger partial charge in [-0.15, -0.1) is 0 Å². The molecule has 1 rings (SSSR count). The van der Waals surface area contributed by atoms with Gasteiger partial charge in [0.1, 0.15) is 11.9 Å². The van der Waals surface area contributed by atoms with Crippen molar-refractivity contribution in [1.29, 1.82) is 0 Å². The van der Waals surface area contributed by atoms with Gasteiger partial charge in [-0.2, -0.15) is 0 Å². The van der Waals surface area contributed by atoms with Crippen LogP contribution in [-0.4, -0.2) is 11.7 Å². The summed E-state index contributed by atoms with van der Waals surface area (Å²) < 4.78 is 17.4. The minimum absolute atomic E-state index is 0.0257. The molecule has 0 radical (unpaired) electrons. The topological polar surface area (TPSA) is 52.0 Å². The van der Waals surface area contributed by atoms with Crippen LogP contribution in [0.5, 0.6) is 0 Å². The number of hydrogen-bond acceptors (Lipinski definition) is 3. The van der Waals surface area contributed by atoms with Crippen LogP contribution in [0.25, 0.3) is 0 Å². The van der Waals surface area contributed by atoms with E-state index in [2.05, 4.69) is 9.68 Å². The Bertz CT molecular complexity index is 211. The lowest BCUT2D eigenvalue weighted by molar-refractivity contribution is 0.342. The fraction of sp³-hybridized carbons (Fsp3) is 0.500. The molecule has 0 saturated heterocycles. The minimum atomic E-state index is -1.15. The molecule has 0 amide bonds. The van der Waals surface area contributed by atoms with Gasteiger partial charge in [0.05, 0.1) is 6.20 Å². The second-order valence-corrected chi connectivity index (χ2v) is 2.04.